The molecule has 3 heteroatoms. The highest BCUT2D eigenvalue weighted by Gasteiger charge is 2.14. The number of carbonyl (C=O) groups excluding carboxylic acids is 1. The molecule has 0 saturated heterocycles. The smallest absolute Gasteiger partial charge is 0.167 e. The van der Waals surface area contributed by atoms with Crippen LogP contribution in [0.1, 0.15) is 12.5 Å². The molecule has 0 N–H and O–H groups in total. The van der Waals surface area contributed by atoms with Gasteiger partial charge in [-0.25, -0.2) is 0 Å². The number of rotatable bonds is 2. The summed E-state index contributed by atoms with van der Waals surface area (Å²) in [5, 5.41) is 1.92. The fraction of sp³-hybridized carbons (Fsp3) is 0.0833. The van der Waals surface area contributed by atoms with Gasteiger partial charge in [-0.3, -0.25) is 4.79 Å². The zero-order valence-electron chi connectivity index (χ0n) is 8.27. The molecule has 1 aliphatic heterocycles. The van der Waals surface area contributed by atoms with E-state index in [0.29, 0.717) is 0 Å². The predicted molar refractivity (Wildman–Crippen MR) is 68.4 cm³/mol. The quantitative estimate of drug-likeness (QED) is 0.772. The molecule has 0 amide bonds. The van der Waals surface area contributed by atoms with Crippen molar-refractivity contribution in [3.05, 3.63) is 50.4 Å². The number of ketones is 1. The monoisotopic (exact) mass is 234 g/mol. The minimum atomic E-state index is 0.143. The molecule has 0 unspecified atom stereocenters. The van der Waals surface area contributed by atoms with Crippen LogP contribution in [0.3, 0.4) is 0 Å². The molecule has 0 saturated carbocycles. The van der Waals surface area contributed by atoms with E-state index in [9.17, 15) is 4.79 Å². The first kappa shape index (κ1) is 10.6. The van der Waals surface area contributed by atoms with E-state index in [4.69, 9.17) is 0 Å². The van der Waals surface area contributed by atoms with Crippen LogP contribution in [0.2, 0.25) is 0 Å². The molecule has 1 heterocycles. The van der Waals surface area contributed by atoms with Gasteiger partial charge in [-0.2, -0.15) is 0 Å². The van der Waals surface area contributed by atoms with Crippen LogP contribution >= 0.6 is 23.5 Å². The molecular formula is C12H10OS2. The highest BCUT2D eigenvalue weighted by Crippen LogP contribution is 2.44. The summed E-state index contributed by atoms with van der Waals surface area (Å²) in [4.78, 5) is 11.9. The zero-order valence-corrected chi connectivity index (χ0v) is 9.90. The summed E-state index contributed by atoms with van der Waals surface area (Å²) in [6.45, 7) is 1.60. The molecule has 1 aromatic rings. The van der Waals surface area contributed by atoms with Gasteiger partial charge >= 0.3 is 0 Å². The maximum Gasteiger partial charge on any atom is 0.167 e. The van der Waals surface area contributed by atoms with E-state index in [1.165, 1.54) is 5.56 Å². The SMILES string of the molecule is CC(=O)C1=CS/C(=C\c2ccccc2)S1. The second-order valence-electron chi connectivity index (χ2n) is 3.13. The first-order valence-electron chi connectivity index (χ1n) is 4.58. The summed E-state index contributed by atoms with van der Waals surface area (Å²) < 4.78 is 1.16. The zero-order chi connectivity index (χ0) is 10.7. The number of hydrogen-bond donors (Lipinski definition) is 0. The molecule has 0 bridgehead atoms. The summed E-state index contributed by atoms with van der Waals surface area (Å²) >= 11 is 3.16. The van der Waals surface area contributed by atoms with Gasteiger partial charge in [0.2, 0.25) is 0 Å². The Kier molecular flexibility index (Phi) is 3.34. The normalized spacial score (nSPS) is 17.9. The summed E-state index contributed by atoms with van der Waals surface area (Å²) in [6, 6.07) is 10.1. The lowest BCUT2D eigenvalue weighted by Gasteiger charge is -1.96. The van der Waals surface area contributed by atoms with E-state index < -0.39 is 0 Å². The molecule has 0 fully saturated rings. The van der Waals surface area contributed by atoms with Crippen molar-refractivity contribution in [2.75, 3.05) is 0 Å². The summed E-state index contributed by atoms with van der Waals surface area (Å²) in [5.41, 5.74) is 1.17. The molecule has 1 aliphatic rings. The lowest BCUT2D eigenvalue weighted by atomic mass is 10.2. The minimum absolute atomic E-state index is 0.143. The third-order valence-electron chi connectivity index (χ3n) is 1.92. The molecule has 1 nitrogen and oxygen atoms in total. The molecule has 0 aliphatic carbocycles. The number of hydrogen-bond acceptors (Lipinski definition) is 3. The second-order valence-corrected chi connectivity index (χ2v) is 5.39. The first-order valence-corrected chi connectivity index (χ1v) is 6.28. The predicted octanol–water partition coefficient (Wildman–Crippen LogP) is 3.90. The molecule has 76 valence electrons. The van der Waals surface area contributed by atoms with E-state index in [1.807, 2.05) is 23.6 Å². The Morgan fingerprint density at radius 3 is 2.60 bits per heavy atom. The lowest BCUT2D eigenvalue weighted by Crippen LogP contribution is -1.87. The Labute approximate surface area is 97.6 Å². The number of allylic oxidation sites excluding steroid dienone is 1. The molecule has 0 spiro atoms. The van der Waals surface area contributed by atoms with Gasteiger partial charge in [0.15, 0.2) is 5.78 Å². The van der Waals surface area contributed by atoms with Crippen LogP contribution in [-0.4, -0.2) is 5.78 Å². The van der Waals surface area contributed by atoms with Gasteiger partial charge in [0, 0.05) is 0 Å². The summed E-state index contributed by atoms with van der Waals surface area (Å²) in [5.74, 6) is 0.143. The fourth-order valence-electron chi connectivity index (χ4n) is 1.17. The van der Waals surface area contributed by atoms with Crippen molar-refractivity contribution in [2.45, 2.75) is 6.92 Å². The van der Waals surface area contributed by atoms with Gasteiger partial charge in [0.1, 0.15) is 0 Å². The van der Waals surface area contributed by atoms with Crippen LogP contribution in [-0.2, 0) is 4.79 Å². The van der Waals surface area contributed by atoms with Crippen molar-refractivity contribution in [1.82, 2.24) is 0 Å². The van der Waals surface area contributed by atoms with Crippen molar-refractivity contribution in [1.29, 1.82) is 0 Å². The van der Waals surface area contributed by atoms with Crippen LogP contribution < -0.4 is 0 Å². The third kappa shape index (κ3) is 2.76. The molecule has 0 aromatic heterocycles. The summed E-state index contributed by atoms with van der Waals surface area (Å²) in [6.07, 6.45) is 2.10. The van der Waals surface area contributed by atoms with Crippen LogP contribution in [0.25, 0.3) is 6.08 Å². The van der Waals surface area contributed by atoms with Crippen molar-refractivity contribution in [3.8, 4) is 0 Å². The van der Waals surface area contributed by atoms with E-state index >= 15 is 0 Å². The topological polar surface area (TPSA) is 17.1 Å². The van der Waals surface area contributed by atoms with E-state index in [2.05, 4.69) is 18.2 Å². The highest BCUT2D eigenvalue weighted by molar-refractivity contribution is 8.28. The van der Waals surface area contributed by atoms with Crippen LogP contribution in [0.5, 0.6) is 0 Å². The second kappa shape index (κ2) is 4.73. The average molecular weight is 234 g/mol. The molecule has 0 radical (unpaired) electrons. The number of benzene rings is 1. The van der Waals surface area contributed by atoms with Gasteiger partial charge in [-0.15, -0.1) is 0 Å². The standard InChI is InChI=1S/C12H10OS2/c1-9(13)11-8-14-12(15-11)7-10-5-3-2-4-6-10/h2-8H,1H3/b12-7+. The molecule has 15 heavy (non-hydrogen) atoms. The van der Waals surface area contributed by atoms with Crippen LogP contribution in [0.15, 0.2) is 44.9 Å². The van der Waals surface area contributed by atoms with Gasteiger partial charge in [0.25, 0.3) is 0 Å². The van der Waals surface area contributed by atoms with E-state index in [0.717, 1.165) is 9.14 Å². The Morgan fingerprint density at radius 2 is 2.00 bits per heavy atom. The molecular weight excluding hydrogens is 224 g/mol. The Morgan fingerprint density at radius 1 is 1.27 bits per heavy atom. The van der Waals surface area contributed by atoms with Crippen LogP contribution in [0.4, 0.5) is 0 Å². The van der Waals surface area contributed by atoms with Crippen LogP contribution in [0, 0.1) is 0 Å². The first-order chi connectivity index (χ1) is 7.25. The third-order valence-corrected chi connectivity index (χ3v) is 4.26. The van der Waals surface area contributed by atoms with Crippen molar-refractivity contribution in [3.63, 3.8) is 0 Å². The van der Waals surface area contributed by atoms with Gasteiger partial charge < -0.3 is 0 Å². The Hall–Kier alpha value is -0.930. The lowest BCUT2D eigenvalue weighted by molar-refractivity contribution is -0.112. The fourth-order valence-corrected chi connectivity index (χ4v) is 3.26. The van der Waals surface area contributed by atoms with Crippen molar-refractivity contribution in [2.24, 2.45) is 0 Å². The van der Waals surface area contributed by atoms with Crippen molar-refractivity contribution < 1.29 is 4.79 Å². The largest absolute Gasteiger partial charge is 0.294 e. The van der Waals surface area contributed by atoms with E-state index in [-0.39, 0.29) is 5.78 Å². The number of carbonyl (C=O) groups is 1. The van der Waals surface area contributed by atoms with Gasteiger partial charge in [0.05, 0.1) is 9.14 Å². The average Bonchev–Trinajstić information content (AvgIpc) is 2.68. The summed E-state index contributed by atoms with van der Waals surface area (Å²) in [7, 11) is 0. The Balaban J connectivity index is 2.11. The Bertz CT molecular complexity index is 432. The molecule has 2 rings (SSSR count). The van der Waals surface area contributed by atoms with E-state index in [1.54, 1.807) is 30.4 Å². The number of Topliss-reactive ketones (excluding diaryl/α,β-unsaturated/α-hetero) is 1. The van der Waals surface area contributed by atoms with Crippen molar-refractivity contribution >= 4 is 35.4 Å². The maximum absolute atomic E-state index is 11.1. The van der Waals surface area contributed by atoms with Gasteiger partial charge in [-0.1, -0.05) is 53.9 Å². The molecule has 1 aromatic carbocycles. The molecule has 0 atom stereocenters. The maximum atomic E-state index is 11.1. The minimum Gasteiger partial charge on any atom is -0.294 e. The van der Waals surface area contributed by atoms with Gasteiger partial charge in [-0.05, 0) is 24.0 Å². The number of thioether (sulfide) groups is 2. The highest BCUT2D eigenvalue weighted by atomic mass is 32.2.